The molecule has 0 saturated heterocycles. The van der Waals surface area contributed by atoms with E-state index in [1.54, 1.807) is 13.2 Å². The molecule has 0 spiro atoms. The molecule has 0 radical (unpaired) electrons. The molecule has 26 heavy (non-hydrogen) atoms. The van der Waals surface area contributed by atoms with Crippen molar-refractivity contribution in [2.75, 3.05) is 7.11 Å². The fourth-order valence-electron chi connectivity index (χ4n) is 2.38. The third-order valence-corrected chi connectivity index (χ3v) is 4.61. The Bertz CT molecular complexity index is 780. The number of ether oxygens (including phenoxy) is 1. The largest absolute Gasteiger partial charge is 0.496 e. The number of thioether (sulfide) groups is 1. The summed E-state index contributed by atoms with van der Waals surface area (Å²) in [4.78, 5) is 12.4. The molecule has 140 valence electrons. The highest BCUT2D eigenvalue weighted by Crippen LogP contribution is 2.32. The Morgan fingerprint density at radius 1 is 1.38 bits per heavy atom. The van der Waals surface area contributed by atoms with E-state index in [2.05, 4.69) is 22.1 Å². The van der Waals surface area contributed by atoms with Gasteiger partial charge in [0.2, 0.25) is 5.91 Å². The van der Waals surface area contributed by atoms with Crippen molar-refractivity contribution in [3.63, 3.8) is 0 Å². The lowest BCUT2D eigenvalue weighted by Crippen LogP contribution is -2.44. The predicted molar refractivity (Wildman–Crippen MR) is 105 cm³/mol. The smallest absolute Gasteiger partial charge is 0.233 e. The molecular formula is C19H26N4O2S. The molecule has 1 atom stereocenters. The van der Waals surface area contributed by atoms with E-state index in [1.165, 1.54) is 11.8 Å². The molecule has 0 aliphatic rings. The van der Waals surface area contributed by atoms with Crippen LogP contribution in [-0.2, 0) is 11.3 Å². The highest BCUT2D eigenvalue weighted by molar-refractivity contribution is 8.00. The van der Waals surface area contributed by atoms with Crippen molar-refractivity contribution in [2.45, 2.75) is 50.2 Å². The molecule has 0 saturated carbocycles. The molecule has 1 heterocycles. The van der Waals surface area contributed by atoms with Crippen molar-refractivity contribution in [1.82, 2.24) is 20.1 Å². The third-order valence-electron chi connectivity index (χ3n) is 3.53. The van der Waals surface area contributed by atoms with Crippen LogP contribution in [0, 0.1) is 0 Å². The molecule has 1 unspecified atom stereocenters. The minimum absolute atomic E-state index is 0.0329. The maximum atomic E-state index is 12.4. The Morgan fingerprint density at radius 3 is 2.69 bits per heavy atom. The van der Waals surface area contributed by atoms with Crippen LogP contribution in [0.4, 0.5) is 0 Å². The van der Waals surface area contributed by atoms with E-state index in [0.717, 1.165) is 11.3 Å². The van der Waals surface area contributed by atoms with Crippen LogP contribution in [0.25, 0.3) is 11.4 Å². The first-order valence-electron chi connectivity index (χ1n) is 8.43. The van der Waals surface area contributed by atoms with E-state index < -0.39 is 0 Å². The number of para-hydroxylation sites is 1. The van der Waals surface area contributed by atoms with Crippen LogP contribution < -0.4 is 10.1 Å². The van der Waals surface area contributed by atoms with Crippen LogP contribution in [0.2, 0.25) is 0 Å². The van der Waals surface area contributed by atoms with Gasteiger partial charge in [-0.2, -0.15) is 0 Å². The summed E-state index contributed by atoms with van der Waals surface area (Å²) in [5.74, 6) is 1.38. The minimum atomic E-state index is -0.299. The van der Waals surface area contributed by atoms with Gasteiger partial charge in [-0.15, -0.1) is 16.8 Å². The van der Waals surface area contributed by atoms with Gasteiger partial charge in [0.25, 0.3) is 0 Å². The summed E-state index contributed by atoms with van der Waals surface area (Å²) >= 11 is 1.38. The first kappa shape index (κ1) is 20.0. The maximum Gasteiger partial charge on any atom is 0.233 e. The van der Waals surface area contributed by atoms with Gasteiger partial charge in [0.1, 0.15) is 5.75 Å². The molecule has 7 heteroatoms. The van der Waals surface area contributed by atoms with Gasteiger partial charge in [0.15, 0.2) is 11.0 Å². The van der Waals surface area contributed by atoms with Gasteiger partial charge in [0.05, 0.1) is 17.9 Å². The second-order valence-corrected chi connectivity index (χ2v) is 8.21. The molecule has 2 rings (SSSR count). The lowest BCUT2D eigenvalue weighted by Gasteiger charge is -2.22. The zero-order valence-electron chi connectivity index (χ0n) is 15.9. The number of aromatic nitrogens is 3. The zero-order valence-corrected chi connectivity index (χ0v) is 16.8. The number of benzene rings is 1. The second kappa shape index (κ2) is 8.40. The normalized spacial score (nSPS) is 12.5. The van der Waals surface area contributed by atoms with E-state index in [1.807, 2.05) is 56.5 Å². The number of amides is 1. The average Bonchev–Trinajstić information content (AvgIpc) is 2.96. The number of rotatable bonds is 7. The van der Waals surface area contributed by atoms with Gasteiger partial charge in [-0.05, 0) is 39.8 Å². The summed E-state index contributed by atoms with van der Waals surface area (Å²) in [6.07, 6.45) is 1.78. The molecular weight excluding hydrogens is 348 g/mol. The third kappa shape index (κ3) is 4.88. The number of nitrogens with zero attached hydrogens (tertiary/aromatic N) is 3. The maximum absolute atomic E-state index is 12.4. The Labute approximate surface area is 159 Å². The highest BCUT2D eigenvalue weighted by Gasteiger charge is 2.24. The van der Waals surface area contributed by atoms with E-state index in [-0.39, 0.29) is 16.7 Å². The fraction of sp³-hybridized carbons (Fsp3) is 0.421. The van der Waals surface area contributed by atoms with Crippen molar-refractivity contribution in [3.05, 3.63) is 36.9 Å². The average molecular weight is 375 g/mol. The monoisotopic (exact) mass is 374 g/mol. The van der Waals surface area contributed by atoms with E-state index in [0.29, 0.717) is 17.5 Å². The topological polar surface area (TPSA) is 69.0 Å². The fourth-order valence-corrected chi connectivity index (χ4v) is 3.24. The number of hydrogen-bond donors (Lipinski definition) is 1. The van der Waals surface area contributed by atoms with Gasteiger partial charge in [-0.3, -0.25) is 9.36 Å². The molecule has 0 bridgehead atoms. The Balaban J connectivity index is 2.32. The Hall–Kier alpha value is -2.28. The molecule has 1 aromatic carbocycles. The van der Waals surface area contributed by atoms with Crippen LogP contribution in [0.5, 0.6) is 5.75 Å². The van der Waals surface area contributed by atoms with E-state index >= 15 is 0 Å². The van der Waals surface area contributed by atoms with E-state index in [9.17, 15) is 4.79 Å². The number of carbonyl (C=O) groups excluding carboxylic acids is 1. The molecule has 2 aromatic rings. The lowest BCUT2D eigenvalue weighted by molar-refractivity contribution is -0.121. The number of nitrogens with one attached hydrogen (secondary N) is 1. The molecule has 1 aromatic heterocycles. The van der Waals surface area contributed by atoms with Gasteiger partial charge >= 0.3 is 0 Å². The SMILES string of the molecule is C=CCn1c(SC(C)C(=O)NC(C)(C)C)nnc1-c1ccccc1OC. The molecule has 0 fully saturated rings. The van der Waals surface area contributed by atoms with Gasteiger partial charge < -0.3 is 10.1 Å². The summed E-state index contributed by atoms with van der Waals surface area (Å²) in [6, 6.07) is 7.66. The molecule has 0 aliphatic heterocycles. The summed E-state index contributed by atoms with van der Waals surface area (Å²) in [7, 11) is 1.63. The minimum Gasteiger partial charge on any atom is -0.496 e. The van der Waals surface area contributed by atoms with E-state index in [4.69, 9.17) is 4.74 Å². The first-order chi connectivity index (χ1) is 12.3. The van der Waals surface area contributed by atoms with Crippen LogP contribution in [-0.4, -0.2) is 38.6 Å². The van der Waals surface area contributed by atoms with Crippen LogP contribution in [0.3, 0.4) is 0 Å². The first-order valence-corrected chi connectivity index (χ1v) is 9.31. The number of methoxy groups -OCH3 is 1. The van der Waals surface area contributed by atoms with Crippen molar-refractivity contribution >= 4 is 17.7 Å². The van der Waals surface area contributed by atoms with Crippen molar-refractivity contribution in [1.29, 1.82) is 0 Å². The molecule has 1 N–H and O–H groups in total. The standard InChI is InChI=1S/C19H26N4O2S/c1-7-12-23-16(14-10-8-9-11-15(14)25-6)21-22-18(23)26-13(2)17(24)20-19(3,4)5/h7-11,13H,1,12H2,2-6H3,(H,20,24). The quantitative estimate of drug-likeness (QED) is 0.593. The summed E-state index contributed by atoms with van der Waals surface area (Å²) < 4.78 is 7.38. The summed E-state index contributed by atoms with van der Waals surface area (Å²) in [5.41, 5.74) is 0.575. The zero-order chi connectivity index (χ0) is 19.3. The lowest BCUT2D eigenvalue weighted by atomic mass is 10.1. The Kier molecular flexibility index (Phi) is 6.47. The molecule has 0 aliphatic carbocycles. The van der Waals surface area contributed by atoms with Gasteiger partial charge in [-0.1, -0.05) is 30.0 Å². The Morgan fingerprint density at radius 2 is 2.08 bits per heavy atom. The number of carbonyl (C=O) groups is 1. The van der Waals surface area contributed by atoms with Crippen LogP contribution >= 0.6 is 11.8 Å². The van der Waals surface area contributed by atoms with Crippen LogP contribution in [0.1, 0.15) is 27.7 Å². The number of allylic oxidation sites excluding steroid dienone is 1. The molecule has 1 amide bonds. The summed E-state index contributed by atoms with van der Waals surface area (Å²) in [5, 5.41) is 12.0. The van der Waals surface area contributed by atoms with Gasteiger partial charge in [0, 0.05) is 12.1 Å². The highest BCUT2D eigenvalue weighted by atomic mass is 32.2. The van der Waals surface area contributed by atoms with Crippen molar-refractivity contribution in [2.24, 2.45) is 0 Å². The molecule has 6 nitrogen and oxygen atoms in total. The van der Waals surface area contributed by atoms with Crippen molar-refractivity contribution < 1.29 is 9.53 Å². The van der Waals surface area contributed by atoms with Gasteiger partial charge in [-0.25, -0.2) is 0 Å². The number of hydrogen-bond acceptors (Lipinski definition) is 5. The summed E-state index contributed by atoms with van der Waals surface area (Å²) in [6.45, 7) is 12.1. The van der Waals surface area contributed by atoms with Crippen LogP contribution in [0.15, 0.2) is 42.1 Å². The van der Waals surface area contributed by atoms with Crippen molar-refractivity contribution in [3.8, 4) is 17.1 Å². The predicted octanol–water partition coefficient (Wildman–Crippen LogP) is 3.54. The second-order valence-electron chi connectivity index (χ2n) is 6.91.